The smallest absolute Gasteiger partial charge is 0.347 e. The lowest BCUT2D eigenvalue weighted by molar-refractivity contribution is -0.166. The molecular weight excluding hydrogens is 439 g/mol. The van der Waals surface area contributed by atoms with Crippen molar-refractivity contribution in [1.82, 2.24) is 0 Å². The second-order valence-electron chi connectivity index (χ2n) is 6.60. The van der Waals surface area contributed by atoms with E-state index in [1.165, 1.54) is 13.8 Å². The van der Waals surface area contributed by atoms with Gasteiger partial charge in [0.2, 0.25) is 0 Å². The quantitative estimate of drug-likeness (QED) is 0.137. The molecule has 0 aromatic rings. The molecule has 0 aromatic carbocycles. The summed E-state index contributed by atoms with van der Waals surface area (Å²) in [6.07, 6.45) is 3.42. The van der Waals surface area contributed by atoms with Crippen molar-refractivity contribution in [2.24, 2.45) is 0 Å². The number of hydrogen-bond donors (Lipinski definition) is 0. The van der Waals surface area contributed by atoms with Crippen molar-refractivity contribution in [2.75, 3.05) is 25.0 Å². The van der Waals surface area contributed by atoms with Gasteiger partial charge in [-0.25, -0.2) is 9.59 Å². The fourth-order valence-corrected chi connectivity index (χ4v) is 2.52. The highest BCUT2D eigenvalue weighted by atomic mass is 35.5. The highest BCUT2D eigenvalue weighted by Crippen LogP contribution is 2.11. The summed E-state index contributed by atoms with van der Waals surface area (Å²) in [7, 11) is 0. The summed E-state index contributed by atoms with van der Waals surface area (Å²) in [5.74, 6) is -1.71. The molecule has 0 aliphatic carbocycles. The second-order valence-corrected chi connectivity index (χ2v) is 7.35. The molecule has 0 saturated heterocycles. The Morgan fingerprint density at radius 3 is 1.30 bits per heavy atom. The van der Waals surface area contributed by atoms with Crippen LogP contribution in [0.1, 0.15) is 65.2 Å². The molecule has 0 saturated carbocycles. The Morgan fingerprint density at radius 2 is 0.967 bits per heavy atom. The van der Waals surface area contributed by atoms with Crippen molar-refractivity contribution in [1.29, 1.82) is 0 Å². The predicted octanol–water partition coefficient (Wildman–Crippen LogP) is 3.53. The molecule has 8 nitrogen and oxygen atoms in total. The molecule has 0 unspecified atom stereocenters. The van der Waals surface area contributed by atoms with Crippen molar-refractivity contribution in [2.45, 2.75) is 77.4 Å². The fraction of sp³-hybridized carbons (Fsp3) is 0.800. The van der Waals surface area contributed by atoms with Crippen LogP contribution in [0.4, 0.5) is 0 Å². The average Bonchev–Trinajstić information content (AvgIpc) is 2.71. The maximum absolute atomic E-state index is 11.7. The maximum atomic E-state index is 11.7. The van der Waals surface area contributed by atoms with Gasteiger partial charge in [0, 0.05) is 12.8 Å². The Kier molecular flexibility index (Phi) is 17.3. The van der Waals surface area contributed by atoms with Crippen LogP contribution in [0, 0.1) is 0 Å². The molecule has 0 N–H and O–H groups in total. The summed E-state index contributed by atoms with van der Waals surface area (Å²) in [4.78, 5) is 46.3. The lowest BCUT2D eigenvalue weighted by Gasteiger charge is -2.12. The zero-order valence-electron chi connectivity index (χ0n) is 17.7. The van der Waals surface area contributed by atoms with Crippen LogP contribution in [-0.2, 0) is 38.1 Å². The first-order chi connectivity index (χ1) is 14.3. The molecule has 174 valence electrons. The fourth-order valence-electron chi connectivity index (χ4n) is 2.37. The van der Waals surface area contributed by atoms with Gasteiger partial charge in [0.05, 0.1) is 11.8 Å². The molecule has 0 amide bonds. The van der Waals surface area contributed by atoms with Crippen LogP contribution < -0.4 is 0 Å². The van der Waals surface area contributed by atoms with E-state index in [0.717, 1.165) is 25.7 Å². The first-order valence-corrected chi connectivity index (χ1v) is 11.2. The number of esters is 4. The SMILES string of the molecule is C[C@H](OC(=O)CCCCCCCCC(=O)O[C@@H](C)C(=O)OCCCl)C(=O)OCCCl. The summed E-state index contributed by atoms with van der Waals surface area (Å²) in [6, 6.07) is 0. The molecule has 0 bridgehead atoms. The zero-order valence-corrected chi connectivity index (χ0v) is 19.2. The third-order valence-corrected chi connectivity index (χ3v) is 4.24. The maximum Gasteiger partial charge on any atom is 0.347 e. The van der Waals surface area contributed by atoms with E-state index >= 15 is 0 Å². The molecule has 0 fully saturated rings. The van der Waals surface area contributed by atoms with Crippen LogP contribution in [-0.4, -0.2) is 61.1 Å². The Hall–Kier alpha value is -1.54. The summed E-state index contributed by atoms with van der Waals surface area (Å²) in [6.45, 7) is 3.09. The van der Waals surface area contributed by atoms with Crippen LogP contribution in [0.2, 0.25) is 0 Å². The highest BCUT2D eigenvalue weighted by Gasteiger charge is 2.19. The van der Waals surface area contributed by atoms with Gasteiger partial charge < -0.3 is 18.9 Å². The third-order valence-electron chi connectivity index (χ3n) is 3.94. The molecule has 0 aliphatic heterocycles. The Labute approximate surface area is 187 Å². The van der Waals surface area contributed by atoms with Gasteiger partial charge in [0.15, 0.2) is 12.2 Å². The van der Waals surface area contributed by atoms with Gasteiger partial charge in [-0.2, -0.15) is 0 Å². The lowest BCUT2D eigenvalue weighted by atomic mass is 10.1. The first kappa shape index (κ1) is 28.5. The first-order valence-electron chi connectivity index (χ1n) is 10.2. The van der Waals surface area contributed by atoms with Crippen LogP contribution in [0.3, 0.4) is 0 Å². The number of carbonyl (C=O) groups excluding carboxylic acids is 4. The van der Waals surface area contributed by atoms with E-state index in [9.17, 15) is 19.2 Å². The van der Waals surface area contributed by atoms with Crippen LogP contribution in [0.25, 0.3) is 0 Å². The topological polar surface area (TPSA) is 105 Å². The molecule has 0 aromatic heterocycles. The second kappa shape index (κ2) is 18.2. The van der Waals surface area contributed by atoms with Gasteiger partial charge in [-0.15, -0.1) is 23.2 Å². The molecule has 0 rings (SSSR count). The minimum atomic E-state index is -0.939. The summed E-state index contributed by atoms with van der Waals surface area (Å²) >= 11 is 10.8. The van der Waals surface area contributed by atoms with E-state index in [-0.39, 0.29) is 37.8 Å². The van der Waals surface area contributed by atoms with Gasteiger partial charge in [0.25, 0.3) is 0 Å². The van der Waals surface area contributed by atoms with E-state index in [2.05, 4.69) is 0 Å². The van der Waals surface area contributed by atoms with E-state index in [1.807, 2.05) is 0 Å². The van der Waals surface area contributed by atoms with Crippen LogP contribution in [0.5, 0.6) is 0 Å². The average molecular weight is 471 g/mol. The summed E-state index contributed by atoms with van der Waals surface area (Å²) in [5.41, 5.74) is 0. The summed E-state index contributed by atoms with van der Waals surface area (Å²) < 4.78 is 19.6. The van der Waals surface area contributed by atoms with Crippen molar-refractivity contribution in [3.8, 4) is 0 Å². The Bertz CT molecular complexity index is 481. The molecule has 30 heavy (non-hydrogen) atoms. The molecule has 0 heterocycles. The Balaban J connectivity index is 3.67. The van der Waals surface area contributed by atoms with E-state index in [0.29, 0.717) is 12.8 Å². The largest absolute Gasteiger partial charge is 0.462 e. The zero-order chi connectivity index (χ0) is 22.8. The number of ether oxygens (including phenoxy) is 4. The van der Waals surface area contributed by atoms with Gasteiger partial charge in [0.1, 0.15) is 13.2 Å². The van der Waals surface area contributed by atoms with E-state index < -0.39 is 36.1 Å². The number of carbonyl (C=O) groups is 4. The van der Waals surface area contributed by atoms with Crippen LogP contribution in [0.15, 0.2) is 0 Å². The number of rotatable bonds is 17. The summed E-state index contributed by atoms with van der Waals surface area (Å²) in [5, 5.41) is 0. The van der Waals surface area contributed by atoms with Gasteiger partial charge in [-0.3, -0.25) is 9.59 Å². The van der Waals surface area contributed by atoms with Crippen LogP contribution >= 0.6 is 23.2 Å². The monoisotopic (exact) mass is 470 g/mol. The van der Waals surface area contributed by atoms with E-state index in [1.54, 1.807) is 0 Å². The number of alkyl halides is 2. The molecular formula is C20H32Cl2O8. The van der Waals surface area contributed by atoms with Crippen molar-refractivity contribution >= 4 is 47.1 Å². The van der Waals surface area contributed by atoms with Gasteiger partial charge >= 0.3 is 23.9 Å². The highest BCUT2D eigenvalue weighted by molar-refractivity contribution is 6.18. The predicted molar refractivity (Wildman–Crippen MR) is 111 cm³/mol. The molecule has 0 radical (unpaired) electrons. The lowest BCUT2D eigenvalue weighted by Crippen LogP contribution is -2.26. The van der Waals surface area contributed by atoms with Crippen molar-refractivity contribution < 1.29 is 38.1 Å². The molecule has 2 atom stereocenters. The normalized spacial score (nSPS) is 12.5. The van der Waals surface area contributed by atoms with Gasteiger partial charge in [-0.1, -0.05) is 25.7 Å². The molecule has 0 aliphatic rings. The van der Waals surface area contributed by atoms with Gasteiger partial charge in [-0.05, 0) is 26.7 Å². The van der Waals surface area contributed by atoms with Crippen molar-refractivity contribution in [3.63, 3.8) is 0 Å². The third kappa shape index (κ3) is 15.3. The number of halogens is 2. The van der Waals surface area contributed by atoms with E-state index in [4.69, 9.17) is 42.1 Å². The molecule has 10 heteroatoms. The number of unbranched alkanes of at least 4 members (excludes halogenated alkanes) is 5. The minimum Gasteiger partial charge on any atom is -0.462 e. The minimum absolute atomic E-state index is 0.0835. The molecule has 0 spiro atoms. The van der Waals surface area contributed by atoms with Crippen molar-refractivity contribution in [3.05, 3.63) is 0 Å². The number of hydrogen-bond acceptors (Lipinski definition) is 8. The standard InChI is InChI=1S/C20H32Cl2O8/c1-15(19(25)27-13-11-21)29-17(23)9-7-5-3-4-6-8-10-18(24)30-16(2)20(26)28-14-12-22/h15-16H,3-14H2,1-2H3/t15-,16-/m0/s1. The Morgan fingerprint density at radius 1 is 0.633 bits per heavy atom.